The third-order valence-electron chi connectivity index (χ3n) is 4.48. The van der Waals surface area contributed by atoms with Crippen molar-refractivity contribution in [2.24, 2.45) is 17.4 Å². The Kier molecular flexibility index (Phi) is 6.78. The predicted octanol–water partition coefficient (Wildman–Crippen LogP) is 1.38. The quantitative estimate of drug-likeness (QED) is 0.333. The van der Waals surface area contributed by atoms with Crippen LogP contribution >= 0.6 is 0 Å². The van der Waals surface area contributed by atoms with E-state index in [1.165, 1.54) is 0 Å². The van der Waals surface area contributed by atoms with E-state index in [0.29, 0.717) is 23.5 Å². The number of hydrogen-bond acceptors (Lipinski definition) is 8. The summed E-state index contributed by atoms with van der Waals surface area (Å²) in [7, 11) is 0. The van der Waals surface area contributed by atoms with Crippen LogP contribution in [0.3, 0.4) is 0 Å². The molecule has 1 aromatic carbocycles. The number of anilines is 3. The Morgan fingerprint density at radius 1 is 1.12 bits per heavy atom. The zero-order valence-corrected chi connectivity index (χ0v) is 17.6. The molecule has 0 saturated carbocycles. The molecule has 11 heteroatoms. The highest BCUT2D eigenvalue weighted by Gasteiger charge is 2.21. The summed E-state index contributed by atoms with van der Waals surface area (Å²) in [5, 5.41) is 5.77. The van der Waals surface area contributed by atoms with Gasteiger partial charge in [0, 0.05) is 23.6 Å². The van der Waals surface area contributed by atoms with Gasteiger partial charge in [-0.05, 0) is 30.5 Å². The lowest BCUT2D eigenvalue weighted by molar-refractivity contribution is -0.119. The van der Waals surface area contributed by atoms with Gasteiger partial charge >= 0.3 is 0 Å². The number of primary amides is 2. The van der Waals surface area contributed by atoms with Crippen molar-refractivity contribution in [1.29, 1.82) is 0 Å². The number of amides is 2. The number of aromatic nitrogens is 4. The van der Waals surface area contributed by atoms with Gasteiger partial charge in [-0.25, -0.2) is 9.97 Å². The summed E-state index contributed by atoms with van der Waals surface area (Å²) < 4.78 is 0. The van der Waals surface area contributed by atoms with Gasteiger partial charge in [0.2, 0.25) is 11.9 Å². The minimum Gasteiger partial charge on any atom is -0.368 e. The number of hydrogen-bond donors (Lipinski definition) is 5. The molecule has 0 radical (unpaired) electrons. The molecule has 7 N–H and O–H groups in total. The molecule has 0 aliphatic carbocycles. The van der Waals surface area contributed by atoms with E-state index in [2.05, 4.69) is 30.6 Å². The maximum atomic E-state index is 12.5. The van der Waals surface area contributed by atoms with Crippen molar-refractivity contribution in [3.05, 3.63) is 58.6 Å². The van der Waals surface area contributed by atoms with Crippen molar-refractivity contribution in [3.8, 4) is 11.4 Å². The summed E-state index contributed by atoms with van der Waals surface area (Å²) in [6.07, 6.45) is 3.67. The molecule has 0 aliphatic heterocycles. The SMILES string of the molecule is CC(C)C[C@@H](Nc1nc(Nc2cccc(-c3ncccn3)c2)c(C(N)=O)c(=O)[nH]1)C(N)=O. The highest BCUT2D eigenvalue weighted by molar-refractivity contribution is 5.98. The van der Waals surface area contributed by atoms with E-state index in [1.807, 2.05) is 19.9 Å². The first-order valence-electron chi connectivity index (χ1n) is 9.89. The van der Waals surface area contributed by atoms with E-state index in [0.717, 1.165) is 0 Å². The van der Waals surface area contributed by atoms with Crippen molar-refractivity contribution < 1.29 is 9.59 Å². The number of nitrogens with one attached hydrogen (secondary N) is 3. The number of H-pyrrole nitrogens is 1. The average molecular weight is 436 g/mol. The summed E-state index contributed by atoms with van der Waals surface area (Å²) >= 11 is 0. The minimum atomic E-state index is -0.955. The molecule has 32 heavy (non-hydrogen) atoms. The van der Waals surface area contributed by atoms with Gasteiger partial charge in [0.1, 0.15) is 11.6 Å². The molecule has 2 aromatic heterocycles. The summed E-state index contributed by atoms with van der Waals surface area (Å²) in [6, 6.07) is 7.98. The van der Waals surface area contributed by atoms with Gasteiger partial charge in [0.15, 0.2) is 11.6 Å². The summed E-state index contributed by atoms with van der Waals surface area (Å²) in [5.74, 6) is -0.964. The van der Waals surface area contributed by atoms with Gasteiger partial charge in [-0.3, -0.25) is 19.4 Å². The lowest BCUT2D eigenvalue weighted by Crippen LogP contribution is -2.38. The van der Waals surface area contributed by atoms with Gasteiger partial charge < -0.3 is 22.1 Å². The Morgan fingerprint density at radius 2 is 1.84 bits per heavy atom. The van der Waals surface area contributed by atoms with Crippen LogP contribution in [0.2, 0.25) is 0 Å². The first kappa shape index (κ1) is 22.4. The van der Waals surface area contributed by atoms with Crippen LogP contribution in [-0.4, -0.2) is 37.8 Å². The molecule has 11 nitrogen and oxygen atoms in total. The van der Waals surface area contributed by atoms with Crippen LogP contribution in [0, 0.1) is 5.92 Å². The number of benzene rings is 1. The molecule has 1 atom stereocenters. The van der Waals surface area contributed by atoms with E-state index >= 15 is 0 Å². The molecule has 0 aliphatic rings. The van der Waals surface area contributed by atoms with Gasteiger partial charge in [-0.15, -0.1) is 0 Å². The second-order valence-corrected chi connectivity index (χ2v) is 7.51. The minimum absolute atomic E-state index is 0.0190. The number of carbonyl (C=O) groups is 2. The lowest BCUT2D eigenvalue weighted by atomic mass is 10.0. The largest absolute Gasteiger partial charge is 0.368 e. The molecule has 3 rings (SSSR count). The predicted molar refractivity (Wildman–Crippen MR) is 120 cm³/mol. The molecule has 0 unspecified atom stereocenters. The zero-order chi connectivity index (χ0) is 23.3. The maximum absolute atomic E-state index is 12.5. The number of nitrogens with zero attached hydrogens (tertiary/aromatic N) is 3. The molecule has 2 heterocycles. The first-order chi connectivity index (χ1) is 15.2. The molecule has 0 saturated heterocycles. The third-order valence-corrected chi connectivity index (χ3v) is 4.48. The molecule has 0 spiro atoms. The Morgan fingerprint density at radius 3 is 2.47 bits per heavy atom. The van der Waals surface area contributed by atoms with Crippen LogP contribution < -0.4 is 27.7 Å². The molecular formula is C21H24N8O3. The summed E-state index contributed by atoms with van der Waals surface area (Å²) in [4.78, 5) is 51.4. The van der Waals surface area contributed by atoms with E-state index < -0.39 is 23.4 Å². The maximum Gasteiger partial charge on any atom is 0.267 e. The molecule has 0 bridgehead atoms. The van der Waals surface area contributed by atoms with E-state index in [9.17, 15) is 14.4 Å². The number of nitrogens with two attached hydrogens (primary N) is 2. The van der Waals surface area contributed by atoms with Gasteiger partial charge in [0.05, 0.1) is 0 Å². The van der Waals surface area contributed by atoms with E-state index in [-0.39, 0.29) is 23.2 Å². The van der Waals surface area contributed by atoms with Crippen LogP contribution in [0.5, 0.6) is 0 Å². The van der Waals surface area contributed by atoms with Crippen LogP contribution in [0.15, 0.2) is 47.5 Å². The second kappa shape index (κ2) is 9.69. The van der Waals surface area contributed by atoms with Gasteiger partial charge in [-0.2, -0.15) is 4.98 Å². The highest BCUT2D eigenvalue weighted by atomic mass is 16.2. The van der Waals surface area contributed by atoms with Crippen molar-refractivity contribution >= 4 is 29.3 Å². The molecule has 2 amide bonds. The fourth-order valence-corrected chi connectivity index (χ4v) is 3.06. The molecule has 0 fully saturated rings. The van der Waals surface area contributed by atoms with Crippen molar-refractivity contribution in [2.45, 2.75) is 26.3 Å². The van der Waals surface area contributed by atoms with E-state index in [1.54, 1.807) is 36.7 Å². The van der Waals surface area contributed by atoms with Crippen LogP contribution in [0.4, 0.5) is 17.5 Å². The van der Waals surface area contributed by atoms with Crippen LogP contribution in [0.25, 0.3) is 11.4 Å². The fourth-order valence-electron chi connectivity index (χ4n) is 3.06. The van der Waals surface area contributed by atoms with Gasteiger partial charge in [-0.1, -0.05) is 26.0 Å². The molecule has 166 valence electrons. The Hall–Kier alpha value is -4.28. The Balaban J connectivity index is 1.97. The smallest absolute Gasteiger partial charge is 0.267 e. The Labute approximate surface area is 183 Å². The van der Waals surface area contributed by atoms with Gasteiger partial charge in [0.25, 0.3) is 11.5 Å². The monoisotopic (exact) mass is 436 g/mol. The van der Waals surface area contributed by atoms with Crippen LogP contribution in [-0.2, 0) is 4.79 Å². The number of aromatic amines is 1. The second-order valence-electron chi connectivity index (χ2n) is 7.51. The summed E-state index contributed by atoms with van der Waals surface area (Å²) in [5.41, 5.74) is 11.0. The lowest BCUT2D eigenvalue weighted by Gasteiger charge is -2.18. The van der Waals surface area contributed by atoms with Crippen molar-refractivity contribution in [3.63, 3.8) is 0 Å². The fraction of sp³-hybridized carbons (Fsp3) is 0.238. The third kappa shape index (κ3) is 5.45. The Bertz CT molecular complexity index is 1180. The molecular weight excluding hydrogens is 412 g/mol. The molecule has 3 aromatic rings. The first-order valence-corrected chi connectivity index (χ1v) is 9.89. The topological polar surface area (TPSA) is 182 Å². The average Bonchev–Trinajstić information content (AvgIpc) is 2.73. The number of rotatable bonds is 9. The number of carbonyl (C=O) groups excluding carboxylic acids is 2. The van der Waals surface area contributed by atoms with Crippen LogP contribution in [0.1, 0.15) is 30.6 Å². The highest BCUT2D eigenvalue weighted by Crippen LogP contribution is 2.23. The van der Waals surface area contributed by atoms with Crippen molar-refractivity contribution in [2.75, 3.05) is 10.6 Å². The summed E-state index contributed by atoms with van der Waals surface area (Å²) in [6.45, 7) is 3.86. The zero-order valence-electron chi connectivity index (χ0n) is 17.6. The van der Waals surface area contributed by atoms with E-state index in [4.69, 9.17) is 11.5 Å². The standard InChI is InChI=1S/C21H24N8O3/c1-11(2)9-14(16(22)30)27-21-28-19(15(17(23)31)20(32)29-21)26-13-6-3-5-12(10-13)18-24-7-4-8-25-18/h3-8,10-11,14H,9H2,1-2H3,(H2,22,30)(H2,23,31)(H3,26,27,28,29,32)/t14-/m1/s1. The van der Waals surface area contributed by atoms with Crippen molar-refractivity contribution in [1.82, 2.24) is 19.9 Å². The normalized spacial score (nSPS) is 11.7.